The van der Waals surface area contributed by atoms with Gasteiger partial charge >= 0.3 is 11.9 Å². The molecule has 1 amide bonds. The second-order valence-corrected chi connectivity index (χ2v) is 4.67. The largest absolute Gasteiger partial charge is 0.481 e. The Morgan fingerprint density at radius 2 is 2.00 bits per heavy atom. The molecule has 0 unspecified atom stereocenters. The fraction of sp³-hybridized carbons (Fsp3) is 0.750. The van der Waals surface area contributed by atoms with Gasteiger partial charge in [0.15, 0.2) is 0 Å². The van der Waals surface area contributed by atoms with E-state index in [-0.39, 0.29) is 13.0 Å². The second-order valence-electron chi connectivity index (χ2n) is 4.67. The van der Waals surface area contributed by atoms with Crippen LogP contribution in [-0.2, 0) is 14.4 Å². The number of carboxylic acid groups (broad SMARTS) is 1. The van der Waals surface area contributed by atoms with E-state index in [0.29, 0.717) is 32.0 Å². The van der Waals surface area contributed by atoms with E-state index in [9.17, 15) is 23.2 Å². The Labute approximate surface area is 109 Å². The monoisotopic (exact) mass is 277 g/mol. The van der Waals surface area contributed by atoms with Crippen LogP contribution in [0.25, 0.3) is 0 Å². The van der Waals surface area contributed by atoms with Crippen molar-refractivity contribution in [2.24, 2.45) is 0 Å². The van der Waals surface area contributed by atoms with E-state index in [4.69, 9.17) is 5.11 Å². The molecule has 1 fully saturated rings. The summed E-state index contributed by atoms with van der Waals surface area (Å²) in [6.45, 7) is 0.116. The molecule has 1 rings (SSSR count). The number of rotatable bonds is 8. The first-order valence-electron chi connectivity index (χ1n) is 6.24. The average molecular weight is 277 g/mol. The maximum absolute atomic E-state index is 13.1. The summed E-state index contributed by atoms with van der Waals surface area (Å²) in [6.07, 6.45) is 2.04. The Kier molecular flexibility index (Phi) is 5.38. The van der Waals surface area contributed by atoms with Crippen molar-refractivity contribution in [3.8, 4) is 0 Å². The molecule has 0 aromatic heterocycles. The molecule has 0 radical (unpaired) electrons. The number of likely N-dealkylation sites (tertiary alicyclic amines) is 1. The van der Waals surface area contributed by atoms with Crippen LogP contribution in [0.2, 0.25) is 0 Å². The van der Waals surface area contributed by atoms with Crippen LogP contribution in [0.15, 0.2) is 0 Å². The van der Waals surface area contributed by atoms with Gasteiger partial charge in [-0.05, 0) is 12.8 Å². The smallest absolute Gasteiger partial charge is 0.327 e. The van der Waals surface area contributed by atoms with Crippen LogP contribution < -0.4 is 0 Å². The highest BCUT2D eigenvalue weighted by Crippen LogP contribution is 2.32. The molecule has 0 aromatic rings. The van der Waals surface area contributed by atoms with Crippen molar-refractivity contribution in [3.63, 3.8) is 0 Å². The number of carbonyl (C=O) groups excluding carboxylic acids is 2. The van der Waals surface area contributed by atoms with Gasteiger partial charge in [0.05, 0.1) is 6.04 Å². The average Bonchev–Trinajstić information content (AvgIpc) is 2.55. The summed E-state index contributed by atoms with van der Waals surface area (Å²) in [7, 11) is 0. The lowest BCUT2D eigenvalue weighted by Crippen LogP contribution is -2.37. The number of halogens is 2. The molecule has 0 bridgehead atoms. The number of carbonyl (C=O) groups is 3. The summed E-state index contributed by atoms with van der Waals surface area (Å²) in [4.78, 5) is 33.2. The van der Waals surface area contributed by atoms with Crippen molar-refractivity contribution in [3.05, 3.63) is 0 Å². The Morgan fingerprint density at radius 3 is 2.58 bits per heavy atom. The Bertz CT molecular complexity index is 360. The SMILES string of the molecule is O=C[C@H]1CC(F)(F)C(=O)N1CCCCCCC(=O)O. The van der Waals surface area contributed by atoms with Crippen molar-refractivity contribution in [1.29, 1.82) is 0 Å². The summed E-state index contributed by atoms with van der Waals surface area (Å²) >= 11 is 0. The van der Waals surface area contributed by atoms with E-state index < -0.39 is 30.3 Å². The number of aliphatic carboxylic acids is 1. The van der Waals surface area contributed by atoms with E-state index in [1.807, 2.05) is 0 Å². The van der Waals surface area contributed by atoms with Crippen LogP contribution in [-0.4, -0.2) is 46.7 Å². The standard InChI is InChI=1S/C12H17F2NO4/c13-12(14)7-9(8-16)15(11(12)19)6-4-2-1-3-5-10(17)18/h8-9H,1-7H2,(H,17,18)/t9-/m1/s1. The number of hydrogen-bond acceptors (Lipinski definition) is 3. The van der Waals surface area contributed by atoms with Crippen molar-refractivity contribution >= 4 is 18.2 Å². The summed E-state index contributed by atoms with van der Waals surface area (Å²) in [6, 6.07) is -1.04. The third-order valence-corrected chi connectivity index (χ3v) is 3.14. The number of amides is 1. The molecule has 1 aliphatic rings. The Hall–Kier alpha value is -1.53. The van der Waals surface area contributed by atoms with Gasteiger partial charge < -0.3 is 14.8 Å². The van der Waals surface area contributed by atoms with Gasteiger partial charge in [0, 0.05) is 19.4 Å². The number of nitrogens with zero attached hydrogens (tertiary/aromatic N) is 1. The van der Waals surface area contributed by atoms with Crippen LogP contribution in [0.3, 0.4) is 0 Å². The van der Waals surface area contributed by atoms with Gasteiger partial charge in [-0.3, -0.25) is 9.59 Å². The van der Waals surface area contributed by atoms with Crippen LogP contribution >= 0.6 is 0 Å². The predicted octanol–water partition coefficient (Wildman–Crippen LogP) is 1.46. The van der Waals surface area contributed by atoms with Crippen LogP contribution in [0.1, 0.15) is 38.5 Å². The van der Waals surface area contributed by atoms with Crippen molar-refractivity contribution in [1.82, 2.24) is 4.90 Å². The zero-order valence-corrected chi connectivity index (χ0v) is 10.5. The number of hydrogen-bond donors (Lipinski definition) is 1. The minimum atomic E-state index is -3.44. The lowest BCUT2D eigenvalue weighted by Gasteiger charge is -2.19. The highest BCUT2D eigenvalue weighted by molar-refractivity contribution is 5.89. The molecule has 1 atom stereocenters. The first-order valence-corrected chi connectivity index (χ1v) is 6.24. The highest BCUT2D eigenvalue weighted by atomic mass is 19.3. The van der Waals surface area contributed by atoms with E-state index in [1.54, 1.807) is 0 Å². The molecular formula is C12H17F2NO4. The van der Waals surface area contributed by atoms with Gasteiger partial charge in [0.25, 0.3) is 5.91 Å². The van der Waals surface area contributed by atoms with Crippen LogP contribution in [0.5, 0.6) is 0 Å². The maximum Gasteiger partial charge on any atom is 0.327 e. The summed E-state index contributed by atoms with van der Waals surface area (Å²) in [5.74, 6) is -5.58. The van der Waals surface area contributed by atoms with Gasteiger partial charge in [-0.2, -0.15) is 8.78 Å². The maximum atomic E-state index is 13.1. The molecule has 0 saturated carbocycles. The summed E-state index contributed by atoms with van der Waals surface area (Å²) < 4.78 is 26.3. The summed E-state index contributed by atoms with van der Waals surface area (Å²) in [5, 5.41) is 8.43. The van der Waals surface area contributed by atoms with Gasteiger partial charge in [0.2, 0.25) is 0 Å². The Balaban J connectivity index is 2.30. The zero-order valence-electron chi connectivity index (χ0n) is 10.5. The quantitative estimate of drug-likeness (QED) is 0.538. The molecule has 1 heterocycles. The van der Waals surface area contributed by atoms with Crippen LogP contribution in [0.4, 0.5) is 8.78 Å². The fourth-order valence-corrected chi connectivity index (χ4v) is 2.12. The predicted molar refractivity (Wildman–Crippen MR) is 61.8 cm³/mol. The molecule has 1 saturated heterocycles. The highest BCUT2D eigenvalue weighted by Gasteiger charge is 2.52. The molecule has 0 aliphatic carbocycles. The second kappa shape index (κ2) is 6.58. The summed E-state index contributed by atoms with van der Waals surface area (Å²) in [5.41, 5.74) is 0. The van der Waals surface area contributed by atoms with E-state index in [2.05, 4.69) is 0 Å². The molecule has 1 N–H and O–H groups in total. The lowest BCUT2D eigenvalue weighted by molar-refractivity contribution is -0.148. The molecular weight excluding hydrogens is 260 g/mol. The van der Waals surface area contributed by atoms with Crippen LogP contribution in [0, 0.1) is 0 Å². The number of unbranched alkanes of at least 4 members (excludes halogenated alkanes) is 3. The third kappa shape index (κ3) is 4.25. The lowest BCUT2D eigenvalue weighted by atomic mass is 10.1. The molecule has 108 valence electrons. The number of alkyl halides is 2. The van der Waals surface area contributed by atoms with E-state index in [1.165, 1.54) is 0 Å². The van der Waals surface area contributed by atoms with Gasteiger partial charge in [-0.25, -0.2) is 0 Å². The first kappa shape index (κ1) is 15.5. The normalized spacial score (nSPS) is 21.7. The van der Waals surface area contributed by atoms with E-state index >= 15 is 0 Å². The molecule has 5 nitrogen and oxygen atoms in total. The van der Waals surface area contributed by atoms with Crippen molar-refractivity contribution in [2.45, 2.75) is 50.5 Å². The van der Waals surface area contributed by atoms with Gasteiger partial charge in [-0.15, -0.1) is 0 Å². The third-order valence-electron chi connectivity index (χ3n) is 3.14. The first-order chi connectivity index (χ1) is 8.88. The molecule has 0 spiro atoms. The zero-order chi connectivity index (χ0) is 14.5. The molecule has 1 aliphatic heterocycles. The number of carboxylic acids is 1. The van der Waals surface area contributed by atoms with Gasteiger partial charge in [0.1, 0.15) is 6.29 Å². The topological polar surface area (TPSA) is 74.7 Å². The molecule has 0 aromatic carbocycles. The minimum absolute atomic E-state index is 0.0810. The van der Waals surface area contributed by atoms with E-state index in [0.717, 1.165) is 4.90 Å². The van der Waals surface area contributed by atoms with Crippen molar-refractivity contribution < 1.29 is 28.3 Å². The fourth-order valence-electron chi connectivity index (χ4n) is 2.12. The molecule has 19 heavy (non-hydrogen) atoms. The van der Waals surface area contributed by atoms with Crippen molar-refractivity contribution in [2.75, 3.05) is 6.54 Å². The van der Waals surface area contributed by atoms with Gasteiger partial charge in [-0.1, -0.05) is 12.8 Å². The Morgan fingerprint density at radius 1 is 1.37 bits per heavy atom. The molecule has 7 heteroatoms. The minimum Gasteiger partial charge on any atom is -0.481 e. The number of aldehydes is 1.